The van der Waals surface area contributed by atoms with Crippen LogP contribution in [0.15, 0.2) is 18.3 Å². The topological polar surface area (TPSA) is 17.8 Å². The molecule has 19 heavy (non-hydrogen) atoms. The predicted octanol–water partition coefficient (Wildman–Crippen LogP) is 4.03. The molecule has 1 aliphatic rings. The predicted molar refractivity (Wildman–Crippen MR) is 67.0 cm³/mol. The first-order valence-electron chi connectivity index (χ1n) is 6.38. The third-order valence-electron chi connectivity index (χ3n) is 3.86. The Balaban J connectivity index is 2.07. The van der Waals surface area contributed by atoms with Crippen LogP contribution in [-0.2, 0) is 6.54 Å². The van der Waals surface area contributed by atoms with Gasteiger partial charge in [-0.2, -0.15) is 18.3 Å². The molecule has 0 bridgehead atoms. The Morgan fingerprint density at radius 3 is 2.63 bits per heavy atom. The molecule has 2 atom stereocenters. The van der Waals surface area contributed by atoms with Crippen molar-refractivity contribution in [3.63, 3.8) is 0 Å². The molecule has 2 nitrogen and oxygen atoms in total. The quantitative estimate of drug-likeness (QED) is 0.804. The number of rotatable bonds is 2. The number of nitrogens with zero attached hydrogens (tertiary/aromatic N) is 2. The van der Waals surface area contributed by atoms with E-state index in [1.165, 1.54) is 6.20 Å². The maximum Gasteiger partial charge on any atom is 0.408 e. The number of halogens is 3. The van der Waals surface area contributed by atoms with Gasteiger partial charge in [0, 0.05) is 5.39 Å². The Morgan fingerprint density at radius 2 is 2.05 bits per heavy atom. The molecule has 2 aromatic rings. The van der Waals surface area contributed by atoms with Crippen LogP contribution in [-0.4, -0.2) is 16.0 Å². The van der Waals surface area contributed by atoms with Crippen LogP contribution in [0.25, 0.3) is 10.9 Å². The minimum Gasteiger partial charge on any atom is -0.256 e. The summed E-state index contributed by atoms with van der Waals surface area (Å²) in [4.78, 5) is 0. The summed E-state index contributed by atoms with van der Waals surface area (Å²) in [6, 6.07) is 3.95. The zero-order valence-corrected chi connectivity index (χ0v) is 10.8. The molecule has 1 aromatic heterocycles. The molecular formula is C14H15F3N2. The van der Waals surface area contributed by atoms with E-state index in [1.54, 1.807) is 0 Å². The third kappa shape index (κ3) is 2.33. The van der Waals surface area contributed by atoms with Crippen LogP contribution in [0.3, 0.4) is 0 Å². The van der Waals surface area contributed by atoms with E-state index in [4.69, 9.17) is 0 Å². The lowest BCUT2D eigenvalue weighted by molar-refractivity contribution is -0.141. The summed E-state index contributed by atoms with van der Waals surface area (Å²) in [7, 11) is 0. The number of hydrogen-bond donors (Lipinski definition) is 0. The van der Waals surface area contributed by atoms with Crippen LogP contribution >= 0.6 is 0 Å². The molecule has 3 rings (SSSR count). The van der Waals surface area contributed by atoms with Crippen LogP contribution in [0, 0.1) is 12.8 Å². The van der Waals surface area contributed by atoms with E-state index in [1.807, 2.05) is 13.0 Å². The van der Waals surface area contributed by atoms with E-state index in [9.17, 15) is 13.2 Å². The fourth-order valence-corrected chi connectivity index (χ4v) is 2.67. The van der Waals surface area contributed by atoms with Gasteiger partial charge in [0.25, 0.3) is 0 Å². The van der Waals surface area contributed by atoms with E-state index in [0.29, 0.717) is 17.4 Å². The molecule has 0 amide bonds. The molecule has 0 unspecified atom stereocenters. The van der Waals surface area contributed by atoms with Gasteiger partial charge in [-0.15, -0.1) is 0 Å². The zero-order valence-electron chi connectivity index (χ0n) is 10.8. The summed E-state index contributed by atoms with van der Waals surface area (Å²) in [5.74, 6) is 1.13. The Kier molecular flexibility index (Phi) is 2.62. The van der Waals surface area contributed by atoms with E-state index in [0.717, 1.165) is 27.6 Å². The highest BCUT2D eigenvalue weighted by molar-refractivity contribution is 5.83. The fraction of sp³-hybridized carbons (Fsp3) is 0.500. The molecule has 0 N–H and O–H groups in total. The number of alkyl halides is 3. The van der Waals surface area contributed by atoms with Crippen molar-refractivity contribution in [3.8, 4) is 0 Å². The summed E-state index contributed by atoms with van der Waals surface area (Å²) in [6.07, 6.45) is -1.59. The first kappa shape index (κ1) is 12.5. The molecular weight excluding hydrogens is 253 g/mol. The average Bonchev–Trinajstić information content (AvgIpc) is 2.88. The summed E-state index contributed by atoms with van der Waals surface area (Å²) in [5, 5.41) is 4.68. The lowest BCUT2D eigenvalue weighted by Gasteiger charge is -2.09. The first-order valence-corrected chi connectivity index (χ1v) is 6.38. The van der Waals surface area contributed by atoms with E-state index < -0.39 is 12.7 Å². The lowest BCUT2D eigenvalue weighted by atomic mass is 10.0. The fourth-order valence-electron chi connectivity index (χ4n) is 2.67. The highest BCUT2D eigenvalue weighted by Crippen LogP contribution is 2.47. The van der Waals surface area contributed by atoms with Crippen molar-refractivity contribution in [2.45, 2.75) is 38.9 Å². The largest absolute Gasteiger partial charge is 0.408 e. The van der Waals surface area contributed by atoms with E-state index in [2.05, 4.69) is 18.1 Å². The van der Waals surface area contributed by atoms with E-state index in [-0.39, 0.29) is 0 Å². The van der Waals surface area contributed by atoms with Crippen molar-refractivity contribution in [2.24, 2.45) is 5.92 Å². The maximum atomic E-state index is 12.5. The second kappa shape index (κ2) is 3.99. The van der Waals surface area contributed by atoms with Gasteiger partial charge >= 0.3 is 6.18 Å². The molecule has 1 aromatic carbocycles. The molecule has 1 fully saturated rings. The summed E-state index contributed by atoms with van der Waals surface area (Å²) in [5.41, 5.74) is 2.73. The van der Waals surface area contributed by atoms with Gasteiger partial charge in [0.05, 0.1) is 11.7 Å². The Hall–Kier alpha value is -1.52. The third-order valence-corrected chi connectivity index (χ3v) is 3.86. The van der Waals surface area contributed by atoms with Crippen molar-refractivity contribution >= 4 is 10.9 Å². The van der Waals surface area contributed by atoms with Gasteiger partial charge in [-0.3, -0.25) is 4.68 Å². The molecule has 5 heteroatoms. The second-order valence-corrected chi connectivity index (χ2v) is 5.51. The smallest absolute Gasteiger partial charge is 0.256 e. The average molecular weight is 268 g/mol. The molecule has 1 aliphatic carbocycles. The Bertz CT molecular complexity index is 627. The molecule has 0 aliphatic heterocycles. The summed E-state index contributed by atoms with van der Waals surface area (Å²) in [6.45, 7) is 3.06. The minimum atomic E-state index is -4.24. The summed E-state index contributed by atoms with van der Waals surface area (Å²) < 4.78 is 38.6. The van der Waals surface area contributed by atoms with Gasteiger partial charge in [-0.25, -0.2) is 0 Å². The van der Waals surface area contributed by atoms with Crippen LogP contribution in [0.2, 0.25) is 0 Å². The number of hydrogen-bond acceptors (Lipinski definition) is 1. The van der Waals surface area contributed by atoms with Crippen molar-refractivity contribution in [2.75, 3.05) is 0 Å². The van der Waals surface area contributed by atoms with Gasteiger partial charge in [0.15, 0.2) is 0 Å². The maximum absolute atomic E-state index is 12.5. The number of aryl methyl sites for hydroxylation is 1. The summed E-state index contributed by atoms with van der Waals surface area (Å²) >= 11 is 0. The van der Waals surface area contributed by atoms with Gasteiger partial charge in [-0.05, 0) is 42.4 Å². The lowest BCUT2D eigenvalue weighted by Crippen LogP contribution is -2.18. The van der Waals surface area contributed by atoms with Gasteiger partial charge < -0.3 is 0 Å². The molecule has 0 saturated heterocycles. The van der Waals surface area contributed by atoms with Gasteiger partial charge in [0.1, 0.15) is 6.54 Å². The van der Waals surface area contributed by atoms with Gasteiger partial charge in [0.2, 0.25) is 0 Å². The SMILES string of the molecule is Cc1cc([C@H]2C[C@@H]2C)cc2c1cnn2CC(F)(F)F. The highest BCUT2D eigenvalue weighted by atomic mass is 19.4. The van der Waals surface area contributed by atoms with Crippen LogP contribution < -0.4 is 0 Å². The van der Waals surface area contributed by atoms with Crippen molar-refractivity contribution in [1.29, 1.82) is 0 Å². The van der Waals surface area contributed by atoms with Crippen LogP contribution in [0.4, 0.5) is 13.2 Å². The van der Waals surface area contributed by atoms with Gasteiger partial charge in [-0.1, -0.05) is 13.0 Å². The number of benzene rings is 1. The normalized spacial score (nSPS) is 23.0. The molecule has 1 heterocycles. The van der Waals surface area contributed by atoms with E-state index >= 15 is 0 Å². The zero-order chi connectivity index (χ0) is 13.8. The standard InChI is InChI=1S/C14H15F3N2/c1-8-3-10(11-4-9(11)2)5-13-12(8)6-18-19(13)7-14(15,16)17/h3,5-6,9,11H,4,7H2,1-2H3/t9-,11-/m0/s1. The molecule has 0 radical (unpaired) electrons. The first-order chi connectivity index (χ1) is 8.85. The van der Waals surface area contributed by atoms with Crippen molar-refractivity contribution in [3.05, 3.63) is 29.5 Å². The van der Waals surface area contributed by atoms with Crippen LogP contribution in [0.5, 0.6) is 0 Å². The van der Waals surface area contributed by atoms with Crippen molar-refractivity contribution < 1.29 is 13.2 Å². The molecule has 1 saturated carbocycles. The number of fused-ring (bicyclic) bond motifs is 1. The Morgan fingerprint density at radius 1 is 1.37 bits per heavy atom. The number of aromatic nitrogens is 2. The molecule has 102 valence electrons. The Labute approximate surface area is 109 Å². The highest BCUT2D eigenvalue weighted by Gasteiger charge is 2.35. The van der Waals surface area contributed by atoms with Crippen molar-refractivity contribution in [1.82, 2.24) is 9.78 Å². The second-order valence-electron chi connectivity index (χ2n) is 5.51. The molecule has 0 spiro atoms. The minimum absolute atomic E-state index is 0.498. The van der Waals surface area contributed by atoms with Crippen LogP contribution in [0.1, 0.15) is 30.4 Å². The monoisotopic (exact) mass is 268 g/mol.